The Bertz CT molecular complexity index is 492. The summed E-state index contributed by atoms with van der Waals surface area (Å²) in [6, 6.07) is 11.2. The Kier molecular flexibility index (Phi) is 6.05. The van der Waals surface area contributed by atoms with E-state index in [0.717, 1.165) is 25.8 Å². The van der Waals surface area contributed by atoms with E-state index in [4.69, 9.17) is 4.74 Å². The van der Waals surface area contributed by atoms with Crippen LogP contribution in [0.25, 0.3) is 0 Å². The molecule has 1 aromatic carbocycles. The van der Waals surface area contributed by atoms with Gasteiger partial charge in [-0.3, -0.25) is 0 Å². The molecule has 1 aliphatic carbocycles. The van der Waals surface area contributed by atoms with Crippen LogP contribution in [0.4, 0.5) is 4.79 Å². The van der Waals surface area contributed by atoms with Gasteiger partial charge in [-0.2, -0.15) is 0 Å². The molecule has 23 heavy (non-hydrogen) atoms. The zero-order valence-corrected chi connectivity index (χ0v) is 14.8. The molecule has 128 valence electrons. The quantitative estimate of drug-likeness (QED) is 0.835. The minimum absolute atomic E-state index is 0.183. The molecular formula is C19H30N2O2. The maximum Gasteiger partial charge on any atom is 0.410 e. The van der Waals surface area contributed by atoms with Gasteiger partial charge in [0.2, 0.25) is 0 Å². The summed E-state index contributed by atoms with van der Waals surface area (Å²) in [5.74, 6) is 0. The predicted octanol–water partition coefficient (Wildman–Crippen LogP) is 3.61. The fraction of sp³-hybridized carbons (Fsp3) is 0.632. The summed E-state index contributed by atoms with van der Waals surface area (Å²) >= 11 is 0. The van der Waals surface area contributed by atoms with Crippen molar-refractivity contribution in [3.8, 4) is 0 Å². The third-order valence-corrected chi connectivity index (χ3v) is 3.85. The lowest BCUT2D eigenvalue weighted by atomic mass is 10.1. The van der Waals surface area contributed by atoms with Crippen molar-refractivity contribution < 1.29 is 9.53 Å². The Balaban J connectivity index is 1.75. The molecule has 1 amide bonds. The molecule has 1 aromatic rings. The molecule has 0 spiro atoms. The van der Waals surface area contributed by atoms with Crippen LogP contribution in [-0.2, 0) is 11.2 Å². The average Bonchev–Trinajstić information content (AvgIpc) is 3.27. The third-order valence-electron chi connectivity index (χ3n) is 3.85. The largest absolute Gasteiger partial charge is 0.444 e. The average molecular weight is 318 g/mol. The molecule has 1 N–H and O–H groups in total. The molecular weight excluding hydrogens is 288 g/mol. The molecule has 2 rings (SSSR count). The third kappa shape index (κ3) is 6.61. The van der Waals surface area contributed by atoms with Crippen molar-refractivity contribution >= 4 is 6.09 Å². The van der Waals surface area contributed by atoms with Gasteiger partial charge in [0, 0.05) is 25.2 Å². The molecule has 0 aliphatic heterocycles. The topological polar surface area (TPSA) is 41.6 Å². The van der Waals surface area contributed by atoms with Crippen molar-refractivity contribution in [1.82, 2.24) is 10.2 Å². The van der Waals surface area contributed by atoms with Crippen molar-refractivity contribution in [1.29, 1.82) is 0 Å². The highest BCUT2D eigenvalue weighted by molar-refractivity contribution is 5.69. The molecule has 1 aliphatic rings. The summed E-state index contributed by atoms with van der Waals surface area (Å²) in [4.78, 5) is 14.2. The van der Waals surface area contributed by atoms with E-state index < -0.39 is 5.60 Å². The summed E-state index contributed by atoms with van der Waals surface area (Å²) in [6.07, 6.45) is 3.01. The van der Waals surface area contributed by atoms with Crippen LogP contribution in [0.2, 0.25) is 0 Å². The van der Waals surface area contributed by atoms with Gasteiger partial charge in [-0.05, 0) is 52.5 Å². The lowest BCUT2D eigenvalue weighted by Crippen LogP contribution is -2.43. The SMILES string of the molecule is CC(Cc1ccccc1)NCCN(C(=O)OC(C)(C)C)C1CC1. The van der Waals surface area contributed by atoms with Crippen LogP contribution in [0, 0.1) is 0 Å². The number of carbonyl (C=O) groups is 1. The van der Waals surface area contributed by atoms with Crippen LogP contribution >= 0.6 is 0 Å². The maximum absolute atomic E-state index is 12.3. The molecule has 0 heterocycles. The molecule has 0 radical (unpaired) electrons. The first-order valence-electron chi connectivity index (χ1n) is 8.62. The minimum Gasteiger partial charge on any atom is -0.444 e. The highest BCUT2D eigenvalue weighted by Crippen LogP contribution is 2.28. The Morgan fingerprint density at radius 3 is 2.52 bits per heavy atom. The van der Waals surface area contributed by atoms with Crippen LogP contribution in [0.5, 0.6) is 0 Å². The van der Waals surface area contributed by atoms with E-state index in [1.54, 1.807) is 0 Å². The molecule has 1 saturated carbocycles. The van der Waals surface area contributed by atoms with E-state index in [-0.39, 0.29) is 6.09 Å². The van der Waals surface area contributed by atoms with Crippen LogP contribution in [0.3, 0.4) is 0 Å². The van der Waals surface area contributed by atoms with Gasteiger partial charge in [0.15, 0.2) is 0 Å². The Morgan fingerprint density at radius 1 is 1.30 bits per heavy atom. The number of hydrogen-bond acceptors (Lipinski definition) is 3. The number of amides is 1. The number of rotatable bonds is 7. The summed E-state index contributed by atoms with van der Waals surface area (Å²) in [5, 5.41) is 3.51. The maximum atomic E-state index is 12.3. The van der Waals surface area contributed by atoms with Crippen LogP contribution in [0.1, 0.15) is 46.1 Å². The Morgan fingerprint density at radius 2 is 1.96 bits per heavy atom. The monoisotopic (exact) mass is 318 g/mol. The number of nitrogens with zero attached hydrogens (tertiary/aromatic N) is 1. The number of ether oxygens (including phenoxy) is 1. The summed E-state index contributed by atoms with van der Waals surface area (Å²) in [5.41, 5.74) is 0.900. The first-order valence-corrected chi connectivity index (χ1v) is 8.62. The Hall–Kier alpha value is -1.55. The number of nitrogens with one attached hydrogen (secondary N) is 1. The van der Waals surface area contributed by atoms with Gasteiger partial charge in [0.05, 0.1) is 0 Å². The van der Waals surface area contributed by atoms with Gasteiger partial charge in [-0.1, -0.05) is 30.3 Å². The lowest BCUT2D eigenvalue weighted by molar-refractivity contribution is 0.0235. The molecule has 4 heteroatoms. The van der Waals surface area contributed by atoms with E-state index in [9.17, 15) is 4.79 Å². The van der Waals surface area contributed by atoms with Crippen molar-refractivity contribution in [2.24, 2.45) is 0 Å². The van der Waals surface area contributed by atoms with Crippen LogP contribution in [0.15, 0.2) is 30.3 Å². The fourth-order valence-electron chi connectivity index (χ4n) is 2.60. The Labute approximate surface area is 140 Å². The van der Waals surface area contributed by atoms with Crippen molar-refractivity contribution in [3.05, 3.63) is 35.9 Å². The van der Waals surface area contributed by atoms with Crippen LogP contribution < -0.4 is 5.32 Å². The molecule has 4 nitrogen and oxygen atoms in total. The number of carbonyl (C=O) groups excluding carboxylic acids is 1. The van der Waals surface area contributed by atoms with E-state index in [2.05, 4.69) is 36.5 Å². The number of hydrogen-bond donors (Lipinski definition) is 1. The first-order chi connectivity index (χ1) is 10.8. The van der Waals surface area contributed by atoms with Crippen molar-refractivity contribution in [3.63, 3.8) is 0 Å². The second-order valence-electron chi connectivity index (χ2n) is 7.45. The number of benzene rings is 1. The zero-order chi connectivity index (χ0) is 16.9. The van der Waals surface area contributed by atoms with E-state index in [1.807, 2.05) is 31.7 Å². The molecule has 1 atom stereocenters. The standard InChI is InChI=1S/C19H30N2O2/c1-15(14-16-8-6-5-7-9-16)20-12-13-21(17-10-11-17)18(22)23-19(2,3)4/h5-9,15,17,20H,10-14H2,1-4H3. The van der Waals surface area contributed by atoms with Gasteiger partial charge < -0.3 is 15.0 Å². The minimum atomic E-state index is -0.432. The first kappa shape index (κ1) is 17.8. The van der Waals surface area contributed by atoms with Gasteiger partial charge >= 0.3 is 6.09 Å². The van der Waals surface area contributed by atoms with Gasteiger partial charge in [0.25, 0.3) is 0 Å². The normalized spacial score (nSPS) is 16.0. The lowest BCUT2D eigenvalue weighted by Gasteiger charge is -2.28. The highest BCUT2D eigenvalue weighted by Gasteiger charge is 2.34. The molecule has 1 fully saturated rings. The van der Waals surface area contributed by atoms with Crippen LogP contribution in [-0.4, -0.2) is 41.8 Å². The second kappa shape index (κ2) is 7.82. The predicted molar refractivity (Wildman–Crippen MR) is 93.6 cm³/mol. The molecule has 1 unspecified atom stereocenters. The summed E-state index contributed by atoms with van der Waals surface area (Å²) < 4.78 is 5.51. The van der Waals surface area contributed by atoms with Crippen molar-refractivity contribution in [2.45, 2.75) is 64.6 Å². The molecule has 0 saturated heterocycles. The fourth-order valence-corrected chi connectivity index (χ4v) is 2.60. The summed E-state index contributed by atoms with van der Waals surface area (Å²) in [7, 11) is 0. The van der Waals surface area contributed by atoms with Gasteiger partial charge in [-0.25, -0.2) is 4.79 Å². The van der Waals surface area contributed by atoms with Gasteiger partial charge in [0.1, 0.15) is 5.60 Å². The molecule has 0 aromatic heterocycles. The zero-order valence-electron chi connectivity index (χ0n) is 14.8. The van der Waals surface area contributed by atoms with E-state index in [1.165, 1.54) is 5.56 Å². The van der Waals surface area contributed by atoms with Crippen molar-refractivity contribution in [2.75, 3.05) is 13.1 Å². The highest BCUT2D eigenvalue weighted by atomic mass is 16.6. The van der Waals surface area contributed by atoms with E-state index >= 15 is 0 Å². The smallest absolute Gasteiger partial charge is 0.410 e. The summed E-state index contributed by atoms with van der Waals surface area (Å²) in [6.45, 7) is 9.42. The molecule has 0 bridgehead atoms. The van der Waals surface area contributed by atoms with Gasteiger partial charge in [-0.15, -0.1) is 0 Å². The second-order valence-corrected chi connectivity index (χ2v) is 7.45. The van der Waals surface area contributed by atoms with E-state index in [0.29, 0.717) is 18.6 Å².